The van der Waals surface area contributed by atoms with Crippen molar-refractivity contribution in [3.63, 3.8) is 0 Å². The highest BCUT2D eigenvalue weighted by molar-refractivity contribution is 9.09. The van der Waals surface area contributed by atoms with Crippen LogP contribution in [-0.4, -0.2) is 32.9 Å². The molecule has 28 heavy (non-hydrogen) atoms. The second-order valence-corrected chi connectivity index (χ2v) is 11.5. The molecule has 0 aromatic rings. The summed E-state index contributed by atoms with van der Waals surface area (Å²) in [7, 11) is 0. The number of allylic oxidation sites excluding steroid dienone is 1. The van der Waals surface area contributed by atoms with Crippen LogP contribution in [0.4, 0.5) is 0 Å². The Bertz CT molecular complexity index is 703. The Kier molecular flexibility index (Phi) is 5.31. The lowest BCUT2D eigenvalue weighted by atomic mass is 9.46. The van der Waals surface area contributed by atoms with Crippen molar-refractivity contribution in [3.05, 3.63) is 11.6 Å². The first-order chi connectivity index (χ1) is 13.2. The lowest BCUT2D eigenvalue weighted by molar-refractivity contribution is -0.137. The molecule has 4 aliphatic rings. The number of carboxylic acid groups (broad SMARTS) is 1. The zero-order chi connectivity index (χ0) is 20.3. The number of aliphatic carboxylic acids is 1. The molecule has 0 aromatic heterocycles. The Balaban J connectivity index is 1.59. The average molecular weight is 453 g/mol. The van der Waals surface area contributed by atoms with Crippen molar-refractivity contribution in [2.24, 2.45) is 34.5 Å². The van der Waals surface area contributed by atoms with E-state index >= 15 is 0 Å². The van der Waals surface area contributed by atoms with Crippen LogP contribution in [-0.2, 0) is 9.59 Å². The Morgan fingerprint density at radius 2 is 2.00 bits per heavy atom. The van der Waals surface area contributed by atoms with E-state index in [1.165, 1.54) is 5.57 Å². The minimum Gasteiger partial charge on any atom is -0.481 e. The second kappa shape index (κ2) is 7.23. The van der Waals surface area contributed by atoms with E-state index in [9.17, 15) is 14.7 Å². The lowest BCUT2D eigenvalue weighted by Crippen LogP contribution is -2.52. The fraction of sp³-hybridized carbons (Fsp3) is 0.826. The van der Waals surface area contributed by atoms with Crippen molar-refractivity contribution in [3.8, 4) is 0 Å². The molecule has 0 saturated heterocycles. The molecule has 4 rings (SSSR count). The summed E-state index contributed by atoms with van der Waals surface area (Å²) in [5, 5.41) is 19.6. The van der Waals surface area contributed by atoms with E-state index in [0.29, 0.717) is 24.2 Å². The fourth-order valence-electron chi connectivity index (χ4n) is 7.42. The monoisotopic (exact) mass is 452 g/mol. The Labute approximate surface area is 176 Å². The van der Waals surface area contributed by atoms with Crippen LogP contribution in [0.1, 0.15) is 71.6 Å². The number of halogens is 1. The first-order valence-corrected chi connectivity index (χ1v) is 11.9. The van der Waals surface area contributed by atoms with Gasteiger partial charge in [-0.2, -0.15) is 0 Å². The van der Waals surface area contributed by atoms with Crippen LogP contribution >= 0.6 is 15.9 Å². The Morgan fingerprint density at radius 1 is 1.25 bits per heavy atom. The van der Waals surface area contributed by atoms with Gasteiger partial charge in [-0.3, -0.25) is 9.59 Å². The van der Waals surface area contributed by atoms with Gasteiger partial charge in [0, 0.05) is 17.2 Å². The molecule has 156 valence electrons. The molecule has 0 aromatic carbocycles. The smallest absolute Gasteiger partial charge is 0.303 e. The summed E-state index contributed by atoms with van der Waals surface area (Å²) in [5.41, 5.74) is 1.43. The van der Waals surface area contributed by atoms with Crippen molar-refractivity contribution >= 4 is 27.7 Å². The fourth-order valence-corrected chi connectivity index (χ4v) is 8.10. The summed E-state index contributed by atoms with van der Waals surface area (Å²) in [6.45, 7) is 4.66. The zero-order valence-corrected chi connectivity index (χ0v) is 18.6. The van der Waals surface area contributed by atoms with Gasteiger partial charge in [0.2, 0.25) is 0 Å². The lowest BCUT2D eigenvalue weighted by Gasteiger charge is -2.58. The highest BCUT2D eigenvalue weighted by Gasteiger charge is 2.59. The molecule has 2 unspecified atom stereocenters. The molecule has 0 bridgehead atoms. The zero-order valence-electron chi connectivity index (χ0n) is 17.0. The quantitative estimate of drug-likeness (QED) is 0.604. The number of carboxylic acids is 1. The highest BCUT2D eigenvalue weighted by atomic mass is 79.9. The molecule has 0 spiro atoms. The topological polar surface area (TPSA) is 74.6 Å². The molecule has 0 radical (unpaired) electrons. The standard InChI is InChI=1S/C23H33BrO4/c1-22-10-9-17-14(16(22)5-7-20(22)26)4-3-13-11-19(25)15(12-23(13,17)2)18(24)6-8-21(27)28/h11,14-18,20,26H,3-10,12H2,1-2H3,(H,27,28)/t14-,15?,16-,17-,18?,20-,22-,23-/m0/s1. The number of aliphatic hydroxyl groups excluding tert-OH is 1. The maximum atomic E-state index is 12.8. The summed E-state index contributed by atoms with van der Waals surface area (Å²) < 4.78 is 0. The predicted octanol–water partition coefficient (Wildman–Crippen LogP) is 4.73. The van der Waals surface area contributed by atoms with Crippen LogP contribution in [0.25, 0.3) is 0 Å². The number of ketones is 1. The van der Waals surface area contributed by atoms with Crippen LogP contribution in [0.3, 0.4) is 0 Å². The van der Waals surface area contributed by atoms with E-state index in [1.54, 1.807) is 0 Å². The van der Waals surface area contributed by atoms with Crippen LogP contribution in [0.15, 0.2) is 11.6 Å². The third-order valence-corrected chi connectivity index (χ3v) is 10.2. The normalized spacial score (nSPS) is 46.2. The summed E-state index contributed by atoms with van der Waals surface area (Å²) in [5.74, 6) is 1.05. The maximum Gasteiger partial charge on any atom is 0.303 e. The minimum atomic E-state index is -0.806. The molecule has 0 aliphatic heterocycles. The molecule has 4 nitrogen and oxygen atoms in total. The average Bonchev–Trinajstić information content (AvgIpc) is 2.95. The van der Waals surface area contributed by atoms with Crippen molar-refractivity contribution < 1.29 is 19.8 Å². The summed E-state index contributed by atoms with van der Waals surface area (Å²) >= 11 is 3.65. The summed E-state index contributed by atoms with van der Waals surface area (Å²) in [4.78, 5) is 23.7. The number of carbonyl (C=O) groups excluding carboxylic acids is 1. The third kappa shape index (κ3) is 3.12. The van der Waals surface area contributed by atoms with E-state index in [4.69, 9.17) is 5.11 Å². The molecule has 3 saturated carbocycles. The van der Waals surface area contributed by atoms with Crippen LogP contribution in [0.2, 0.25) is 0 Å². The number of rotatable bonds is 4. The van der Waals surface area contributed by atoms with E-state index in [1.807, 2.05) is 6.08 Å². The van der Waals surface area contributed by atoms with Crippen molar-refractivity contribution in [1.82, 2.24) is 0 Å². The van der Waals surface area contributed by atoms with Crippen LogP contribution in [0.5, 0.6) is 0 Å². The third-order valence-electron chi connectivity index (χ3n) is 9.08. The molecule has 0 heterocycles. The van der Waals surface area contributed by atoms with Crippen molar-refractivity contribution in [1.29, 1.82) is 0 Å². The van der Waals surface area contributed by atoms with Gasteiger partial charge in [0.15, 0.2) is 5.78 Å². The number of hydrogen-bond acceptors (Lipinski definition) is 3. The van der Waals surface area contributed by atoms with Gasteiger partial charge >= 0.3 is 5.97 Å². The second-order valence-electron chi connectivity index (χ2n) is 10.3. The van der Waals surface area contributed by atoms with Crippen LogP contribution in [0, 0.1) is 34.5 Å². The molecule has 4 aliphatic carbocycles. The molecule has 8 atom stereocenters. The van der Waals surface area contributed by atoms with Gasteiger partial charge in [-0.05, 0) is 86.0 Å². The minimum absolute atomic E-state index is 0.0333. The molecular weight excluding hydrogens is 420 g/mol. The van der Waals surface area contributed by atoms with Gasteiger partial charge in [-0.1, -0.05) is 35.4 Å². The molecule has 3 fully saturated rings. The van der Waals surface area contributed by atoms with Gasteiger partial charge in [-0.25, -0.2) is 0 Å². The predicted molar refractivity (Wildman–Crippen MR) is 111 cm³/mol. The number of aliphatic hydroxyl groups is 1. The van der Waals surface area contributed by atoms with Gasteiger partial charge in [0.25, 0.3) is 0 Å². The largest absolute Gasteiger partial charge is 0.481 e. The first kappa shape index (κ1) is 20.6. The maximum absolute atomic E-state index is 12.8. The van der Waals surface area contributed by atoms with E-state index < -0.39 is 5.97 Å². The van der Waals surface area contributed by atoms with Gasteiger partial charge in [-0.15, -0.1) is 0 Å². The number of carbonyl (C=O) groups is 2. The van der Waals surface area contributed by atoms with Gasteiger partial charge < -0.3 is 10.2 Å². The molecule has 5 heteroatoms. The van der Waals surface area contributed by atoms with Crippen LogP contribution < -0.4 is 0 Å². The SMILES string of the molecule is C[C@]12CC[C@H]3[C@@H](CCC4=CC(=O)C(C(Br)CCC(=O)O)C[C@@]43C)[C@@H]1CC[C@@H]2O. The highest BCUT2D eigenvalue weighted by Crippen LogP contribution is 2.65. The summed E-state index contributed by atoms with van der Waals surface area (Å²) in [6, 6.07) is 0. The van der Waals surface area contributed by atoms with Crippen molar-refractivity contribution in [2.45, 2.75) is 82.6 Å². The van der Waals surface area contributed by atoms with E-state index in [2.05, 4.69) is 29.8 Å². The molecule has 2 N–H and O–H groups in total. The van der Waals surface area contributed by atoms with Crippen molar-refractivity contribution in [2.75, 3.05) is 0 Å². The van der Waals surface area contributed by atoms with E-state index in [-0.39, 0.29) is 39.9 Å². The van der Waals surface area contributed by atoms with Gasteiger partial charge in [0.1, 0.15) is 0 Å². The molecular formula is C23H33BrO4. The van der Waals surface area contributed by atoms with Gasteiger partial charge in [0.05, 0.1) is 6.10 Å². The molecule has 0 amide bonds. The Morgan fingerprint density at radius 3 is 2.71 bits per heavy atom. The number of alkyl halides is 1. The number of fused-ring (bicyclic) bond motifs is 5. The first-order valence-electron chi connectivity index (χ1n) is 11.0. The van der Waals surface area contributed by atoms with E-state index in [0.717, 1.165) is 44.9 Å². The summed E-state index contributed by atoms with van der Waals surface area (Å²) in [6.07, 6.45) is 9.60. The Hall–Kier alpha value is -0.680. The number of hydrogen-bond donors (Lipinski definition) is 2.